The van der Waals surface area contributed by atoms with Crippen molar-refractivity contribution in [1.82, 2.24) is 0 Å². The van der Waals surface area contributed by atoms with Crippen LogP contribution in [0.5, 0.6) is 0 Å². The summed E-state index contributed by atoms with van der Waals surface area (Å²) in [5.74, 6) is 0.226. The molecule has 1 aliphatic rings. The highest BCUT2D eigenvalue weighted by Crippen LogP contribution is 2.31. The van der Waals surface area contributed by atoms with E-state index in [0.29, 0.717) is 22.0 Å². The zero-order valence-corrected chi connectivity index (χ0v) is 12.4. The highest BCUT2D eigenvalue weighted by atomic mass is 79.9. The van der Waals surface area contributed by atoms with Crippen LogP contribution >= 0.6 is 27.5 Å². The first kappa shape index (κ1) is 12.8. The van der Waals surface area contributed by atoms with Crippen LogP contribution in [-0.4, -0.2) is 12.5 Å². The van der Waals surface area contributed by atoms with Crippen molar-refractivity contribution in [2.75, 3.05) is 11.4 Å². The predicted molar refractivity (Wildman–Crippen MR) is 77.9 cm³/mol. The predicted octanol–water partition coefficient (Wildman–Crippen LogP) is 4.29. The second-order valence-electron chi connectivity index (χ2n) is 4.44. The van der Waals surface area contributed by atoms with E-state index >= 15 is 0 Å². The van der Waals surface area contributed by atoms with Gasteiger partial charge in [-0.1, -0.05) is 11.6 Å². The van der Waals surface area contributed by atoms with Crippen molar-refractivity contribution in [3.63, 3.8) is 0 Å². The lowest BCUT2D eigenvalue weighted by Crippen LogP contribution is -2.35. The van der Waals surface area contributed by atoms with Gasteiger partial charge in [0.2, 0.25) is 0 Å². The molecule has 19 heavy (non-hydrogen) atoms. The summed E-state index contributed by atoms with van der Waals surface area (Å²) in [6.07, 6.45) is 1.88. The molecule has 1 amide bonds. The number of carbonyl (C=O) groups excluding carboxylic acids is 1. The van der Waals surface area contributed by atoms with Crippen LogP contribution in [0.15, 0.2) is 39.4 Å². The summed E-state index contributed by atoms with van der Waals surface area (Å²) in [5.41, 5.74) is 2.03. The highest BCUT2D eigenvalue weighted by molar-refractivity contribution is 9.10. The maximum atomic E-state index is 12.4. The molecule has 1 aliphatic heterocycles. The van der Waals surface area contributed by atoms with Gasteiger partial charge >= 0.3 is 0 Å². The van der Waals surface area contributed by atoms with Gasteiger partial charge in [-0.25, -0.2) is 0 Å². The Kier molecular flexibility index (Phi) is 3.37. The van der Waals surface area contributed by atoms with Crippen LogP contribution in [0.2, 0.25) is 5.02 Å². The quantitative estimate of drug-likeness (QED) is 0.776. The number of hydrogen-bond donors (Lipinski definition) is 0. The molecule has 0 saturated carbocycles. The Hall–Kier alpha value is -1.26. The van der Waals surface area contributed by atoms with Crippen LogP contribution in [0, 0.1) is 0 Å². The Balaban J connectivity index is 1.97. The van der Waals surface area contributed by atoms with E-state index in [-0.39, 0.29) is 5.91 Å². The number of carbonyl (C=O) groups is 1. The molecule has 2 heterocycles. The molecule has 0 N–H and O–H groups in total. The lowest BCUT2D eigenvalue weighted by atomic mass is 10.0. The minimum Gasteiger partial charge on any atom is -0.444 e. The van der Waals surface area contributed by atoms with E-state index in [4.69, 9.17) is 16.0 Å². The number of hydrogen-bond acceptors (Lipinski definition) is 2. The molecule has 0 fully saturated rings. The smallest absolute Gasteiger partial charge is 0.294 e. The molecular formula is C14H11BrClNO2. The first-order chi connectivity index (χ1) is 9.15. The molecular weight excluding hydrogens is 330 g/mol. The third-order valence-electron chi connectivity index (χ3n) is 3.19. The molecule has 3 rings (SSSR count). The van der Waals surface area contributed by atoms with Crippen LogP contribution < -0.4 is 4.90 Å². The third kappa shape index (κ3) is 2.42. The Bertz CT molecular complexity index is 638. The average Bonchev–Trinajstić information content (AvgIpc) is 2.83. The summed E-state index contributed by atoms with van der Waals surface area (Å²) in [6.45, 7) is 0.700. The van der Waals surface area contributed by atoms with E-state index in [2.05, 4.69) is 15.9 Å². The summed E-state index contributed by atoms with van der Waals surface area (Å²) in [6, 6.07) is 9.03. The summed E-state index contributed by atoms with van der Waals surface area (Å²) in [4.78, 5) is 14.2. The number of furan rings is 1. The highest BCUT2D eigenvalue weighted by Gasteiger charge is 2.25. The zero-order valence-electron chi connectivity index (χ0n) is 10.0. The summed E-state index contributed by atoms with van der Waals surface area (Å²) < 4.78 is 5.90. The molecule has 0 saturated heterocycles. The van der Waals surface area contributed by atoms with Gasteiger partial charge in [0.15, 0.2) is 10.4 Å². The number of halogens is 2. The Morgan fingerprint density at radius 2 is 2.16 bits per heavy atom. The van der Waals surface area contributed by atoms with Gasteiger partial charge in [0.05, 0.1) is 0 Å². The summed E-state index contributed by atoms with van der Waals surface area (Å²) in [5, 5.41) is 0.703. The van der Waals surface area contributed by atoms with Gasteiger partial charge in [-0.3, -0.25) is 4.79 Å². The lowest BCUT2D eigenvalue weighted by molar-refractivity contribution is 0.0957. The maximum absolute atomic E-state index is 12.4. The van der Waals surface area contributed by atoms with Crippen LogP contribution in [0.1, 0.15) is 22.5 Å². The van der Waals surface area contributed by atoms with Crippen LogP contribution in [0.25, 0.3) is 0 Å². The van der Waals surface area contributed by atoms with Crippen LogP contribution in [0.3, 0.4) is 0 Å². The third-order valence-corrected chi connectivity index (χ3v) is 3.85. The van der Waals surface area contributed by atoms with Gasteiger partial charge in [-0.05, 0) is 64.7 Å². The number of anilines is 1. The number of amides is 1. The minimum atomic E-state index is -0.117. The van der Waals surface area contributed by atoms with Crippen molar-refractivity contribution in [3.05, 3.63) is 51.3 Å². The number of rotatable bonds is 1. The first-order valence-electron chi connectivity index (χ1n) is 6.01. The van der Waals surface area contributed by atoms with Gasteiger partial charge in [-0.2, -0.15) is 0 Å². The molecule has 3 nitrogen and oxygen atoms in total. The molecule has 0 unspecified atom stereocenters. The van der Waals surface area contributed by atoms with Crippen LogP contribution in [0.4, 0.5) is 5.69 Å². The molecule has 2 aromatic rings. The maximum Gasteiger partial charge on any atom is 0.294 e. The molecule has 98 valence electrons. The van der Waals surface area contributed by atoms with Gasteiger partial charge < -0.3 is 9.32 Å². The topological polar surface area (TPSA) is 33.5 Å². The van der Waals surface area contributed by atoms with Crippen molar-refractivity contribution in [3.8, 4) is 0 Å². The molecule has 0 spiro atoms. The van der Waals surface area contributed by atoms with E-state index in [1.54, 1.807) is 17.0 Å². The lowest BCUT2D eigenvalue weighted by Gasteiger charge is -2.28. The second-order valence-corrected chi connectivity index (χ2v) is 5.66. The molecule has 5 heteroatoms. The number of nitrogens with zero attached hydrogens (tertiary/aromatic N) is 1. The summed E-state index contributed by atoms with van der Waals surface area (Å²) >= 11 is 9.21. The standard InChI is InChI=1S/C14H11BrClNO2/c15-13-6-5-12(19-13)14(18)17-7-1-2-9-8-10(16)3-4-11(9)17/h3-6,8H,1-2,7H2. The van der Waals surface area contributed by atoms with Crippen molar-refractivity contribution in [1.29, 1.82) is 0 Å². The molecule has 0 atom stereocenters. The molecule has 0 bridgehead atoms. The van der Waals surface area contributed by atoms with E-state index < -0.39 is 0 Å². The van der Waals surface area contributed by atoms with Crippen molar-refractivity contribution in [2.24, 2.45) is 0 Å². The molecule has 0 radical (unpaired) electrons. The minimum absolute atomic E-state index is 0.117. The van der Waals surface area contributed by atoms with Crippen LogP contribution in [-0.2, 0) is 6.42 Å². The van der Waals surface area contributed by atoms with Crippen molar-refractivity contribution >= 4 is 39.1 Å². The van der Waals surface area contributed by atoms with Gasteiger partial charge in [0, 0.05) is 17.3 Å². The molecule has 1 aromatic carbocycles. The fraction of sp³-hybridized carbons (Fsp3) is 0.214. The van der Waals surface area contributed by atoms with E-state index in [1.807, 2.05) is 18.2 Å². The first-order valence-corrected chi connectivity index (χ1v) is 7.18. The largest absolute Gasteiger partial charge is 0.444 e. The average molecular weight is 341 g/mol. The SMILES string of the molecule is O=C(c1ccc(Br)o1)N1CCCc2cc(Cl)ccc21. The van der Waals surface area contributed by atoms with Gasteiger partial charge in [-0.15, -0.1) is 0 Å². The second kappa shape index (κ2) is 5.02. The summed E-state index contributed by atoms with van der Waals surface area (Å²) in [7, 11) is 0. The Labute approximate surface area is 124 Å². The number of fused-ring (bicyclic) bond motifs is 1. The fourth-order valence-electron chi connectivity index (χ4n) is 2.34. The number of benzene rings is 1. The van der Waals surface area contributed by atoms with Crippen molar-refractivity contribution in [2.45, 2.75) is 12.8 Å². The van der Waals surface area contributed by atoms with Gasteiger partial charge in [0.25, 0.3) is 5.91 Å². The Morgan fingerprint density at radius 3 is 2.89 bits per heavy atom. The van der Waals surface area contributed by atoms with Gasteiger partial charge in [0.1, 0.15) is 0 Å². The molecule has 0 aliphatic carbocycles. The Morgan fingerprint density at radius 1 is 1.32 bits per heavy atom. The molecule has 1 aromatic heterocycles. The van der Waals surface area contributed by atoms with E-state index in [9.17, 15) is 4.79 Å². The number of aryl methyl sites for hydroxylation is 1. The van der Waals surface area contributed by atoms with E-state index in [0.717, 1.165) is 24.1 Å². The monoisotopic (exact) mass is 339 g/mol. The fourth-order valence-corrected chi connectivity index (χ4v) is 2.84. The van der Waals surface area contributed by atoms with Crippen molar-refractivity contribution < 1.29 is 9.21 Å². The zero-order chi connectivity index (χ0) is 13.4. The normalized spacial score (nSPS) is 14.3. The van der Waals surface area contributed by atoms with E-state index in [1.165, 1.54) is 0 Å².